The fourth-order valence-electron chi connectivity index (χ4n) is 3.26. The summed E-state index contributed by atoms with van der Waals surface area (Å²) >= 11 is 1.43. The number of piperazine rings is 1. The van der Waals surface area contributed by atoms with Crippen LogP contribution in [0.15, 0.2) is 18.3 Å². The van der Waals surface area contributed by atoms with Crippen LogP contribution in [0.5, 0.6) is 0 Å². The van der Waals surface area contributed by atoms with Gasteiger partial charge in [0.25, 0.3) is 0 Å². The second-order valence-corrected chi connectivity index (χ2v) is 6.35. The summed E-state index contributed by atoms with van der Waals surface area (Å²) in [5, 5.41) is 0.967. The molecule has 6 nitrogen and oxygen atoms in total. The number of fused-ring (bicyclic) bond motifs is 2. The van der Waals surface area contributed by atoms with Crippen molar-refractivity contribution in [2.24, 2.45) is 0 Å². The van der Waals surface area contributed by atoms with Gasteiger partial charge in [-0.3, -0.25) is 0 Å². The van der Waals surface area contributed by atoms with Crippen molar-refractivity contribution in [1.82, 2.24) is 14.3 Å². The molecule has 3 saturated heterocycles. The van der Waals surface area contributed by atoms with Gasteiger partial charge in [0.15, 0.2) is 5.82 Å². The molecule has 2 atom stereocenters. The van der Waals surface area contributed by atoms with Crippen molar-refractivity contribution in [3.63, 3.8) is 0 Å². The summed E-state index contributed by atoms with van der Waals surface area (Å²) in [6, 6.07) is 4.19. The van der Waals surface area contributed by atoms with Crippen molar-refractivity contribution < 1.29 is 9.13 Å². The zero-order valence-electron chi connectivity index (χ0n) is 12.1. The molecule has 5 heterocycles. The first-order valence-electron chi connectivity index (χ1n) is 7.21. The van der Waals surface area contributed by atoms with Gasteiger partial charge in [-0.1, -0.05) is 0 Å². The van der Waals surface area contributed by atoms with E-state index in [9.17, 15) is 4.39 Å². The zero-order valence-corrected chi connectivity index (χ0v) is 13.0. The predicted octanol–water partition coefficient (Wildman–Crippen LogP) is 1.69. The monoisotopic (exact) mass is 321 g/mol. The number of methoxy groups -OCH3 is 1. The van der Waals surface area contributed by atoms with Crippen LogP contribution in [0.2, 0.25) is 0 Å². The molecule has 0 aromatic carbocycles. The maximum absolute atomic E-state index is 13.3. The highest BCUT2D eigenvalue weighted by Gasteiger charge is 2.46. The Morgan fingerprint density at radius 1 is 1.41 bits per heavy atom. The van der Waals surface area contributed by atoms with Gasteiger partial charge in [0.1, 0.15) is 6.61 Å². The van der Waals surface area contributed by atoms with E-state index in [1.165, 1.54) is 23.8 Å². The molecule has 3 fully saturated rings. The van der Waals surface area contributed by atoms with E-state index in [0.717, 1.165) is 36.2 Å². The lowest BCUT2D eigenvalue weighted by Crippen LogP contribution is -2.69. The average molecular weight is 321 g/mol. The SMILES string of the molecule is COCc1nsc(N2C3CC2CN(c2ccnc(F)c2)C3)n1. The third-order valence-corrected chi connectivity index (χ3v) is 4.99. The molecular formula is C14H16FN5OS. The molecule has 0 spiro atoms. The quantitative estimate of drug-likeness (QED) is 0.799. The van der Waals surface area contributed by atoms with E-state index in [0.29, 0.717) is 18.7 Å². The van der Waals surface area contributed by atoms with Crippen LogP contribution in [-0.2, 0) is 11.3 Å². The number of halogens is 1. The highest BCUT2D eigenvalue weighted by atomic mass is 32.1. The van der Waals surface area contributed by atoms with Crippen LogP contribution in [0.3, 0.4) is 0 Å². The average Bonchev–Trinajstić information content (AvgIpc) is 2.95. The molecule has 8 heteroatoms. The lowest BCUT2D eigenvalue weighted by Gasteiger charge is -2.56. The van der Waals surface area contributed by atoms with Crippen LogP contribution >= 0.6 is 11.5 Å². The molecular weight excluding hydrogens is 305 g/mol. The summed E-state index contributed by atoms with van der Waals surface area (Å²) in [6.07, 6.45) is 2.67. The molecule has 0 aliphatic carbocycles. The first-order chi connectivity index (χ1) is 10.7. The summed E-state index contributed by atoms with van der Waals surface area (Å²) in [6.45, 7) is 2.19. The highest BCUT2D eigenvalue weighted by molar-refractivity contribution is 7.09. The standard InChI is InChI=1S/C14H16FN5OS/c1-21-8-13-17-14(22-18-13)20-10-4-11(20)7-19(6-10)9-2-3-16-12(15)5-9/h2-3,5,10-11H,4,6-8H2,1H3. The Morgan fingerprint density at radius 2 is 2.23 bits per heavy atom. The molecule has 0 amide bonds. The Bertz CT molecular complexity index is 669. The number of hydrogen-bond acceptors (Lipinski definition) is 7. The molecule has 0 radical (unpaired) electrons. The molecule has 2 aromatic rings. The second kappa shape index (κ2) is 5.44. The Labute approximate surface area is 131 Å². The molecule has 5 rings (SSSR count). The van der Waals surface area contributed by atoms with Gasteiger partial charge in [0.2, 0.25) is 11.1 Å². The Hall–Kier alpha value is -1.80. The molecule has 2 bridgehead atoms. The van der Waals surface area contributed by atoms with Crippen molar-refractivity contribution in [3.8, 4) is 0 Å². The molecule has 0 N–H and O–H groups in total. The van der Waals surface area contributed by atoms with Crippen LogP contribution in [0, 0.1) is 5.95 Å². The summed E-state index contributed by atoms with van der Waals surface area (Å²) in [5.74, 6) is 0.308. The third kappa shape index (κ3) is 2.32. The van der Waals surface area contributed by atoms with E-state index in [1.54, 1.807) is 7.11 Å². The third-order valence-electron chi connectivity index (χ3n) is 4.22. The summed E-state index contributed by atoms with van der Waals surface area (Å²) < 4.78 is 22.7. The van der Waals surface area contributed by atoms with Crippen LogP contribution in [0.1, 0.15) is 12.2 Å². The van der Waals surface area contributed by atoms with Crippen LogP contribution in [0.4, 0.5) is 15.2 Å². The summed E-state index contributed by atoms with van der Waals surface area (Å²) in [7, 11) is 1.64. The second-order valence-electron chi connectivity index (χ2n) is 5.62. The van der Waals surface area contributed by atoms with Gasteiger partial charge in [-0.05, 0) is 12.5 Å². The minimum Gasteiger partial charge on any atom is -0.377 e. The van der Waals surface area contributed by atoms with Crippen molar-refractivity contribution >= 4 is 22.4 Å². The predicted molar refractivity (Wildman–Crippen MR) is 81.7 cm³/mol. The fraction of sp³-hybridized carbons (Fsp3) is 0.500. The van der Waals surface area contributed by atoms with Gasteiger partial charge in [-0.2, -0.15) is 8.76 Å². The molecule has 3 aliphatic rings. The Morgan fingerprint density at radius 3 is 2.95 bits per heavy atom. The van der Waals surface area contributed by atoms with Crippen molar-refractivity contribution in [3.05, 3.63) is 30.1 Å². The minimum absolute atomic E-state index is 0.415. The van der Waals surface area contributed by atoms with Crippen LogP contribution in [-0.4, -0.2) is 46.6 Å². The van der Waals surface area contributed by atoms with Crippen molar-refractivity contribution in [1.29, 1.82) is 0 Å². The van der Waals surface area contributed by atoms with Gasteiger partial charge in [-0.15, -0.1) is 0 Å². The van der Waals surface area contributed by atoms with Gasteiger partial charge < -0.3 is 14.5 Å². The van der Waals surface area contributed by atoms with E-state index in [2.05, 4.69) is 24.1 Å². The van der Waals surface area contributed by atoms with Gasteiger partial charge in [0.05, 0.1) is 12.1 Å². The number of pyridine rings is 1. The van der Waals surface area contributed by atoms with E-state index >= 15 is 0 Å². The van der Waals surface area contributed by atoms with E-state index in [4.69, 9.17) is 4.74 Å². The zero-order chi connectivity index (χ0) is 15.1. The van der Waals surface area contributed by atoms with E-state index < -0.39 is 5.95 Å². The number of rotatable bonds is 4. The molecule has 116 valence electrons. The van der Waals surface area contributed by atoms with Crippen molar-refractivity contribution in [2.75, 3.05) is 30.0 Å². The number of piperidine rings is 1. The van der Waals surface area contributed by atoms with Crippen LogP contribution < -0.4 is 9.80 Å². The minimum atomic E-state index is -0.429. The highest BCUT2D eigenvalue weighted by Crippen LogP contribution is 2.39. The fourth-order valence-corrected chi connectivity index (χ4v) is 4.08. The maximum atomic E-state index is 13.3. The number of ether oxygens (including phenoxy) is 1. The molecule has 0 saturated carbocycles. The lowest BCUT2D eigenvalue weighted by atomic mass is 9.88. The molecule has 3 aliphatic heterocycles. The molecule has 2 aromatic heterocycles. The van der Waals surface area contributed by atoms with Gasteiger partial charge in [0, 0.05) is 49.7 Å². The summed E-state index contributed by atoms with van der Waals surface area (Å²) in [5.41, 5.74) is 0.902. The first-order valence-corrected chi connectivity index (χ1v) is 7.98. The van der Waals surface area contributed by atoms with Crippen LogP contribution in [0.25, 0.3) is 0 Å². The topological polar surface area (TPSA) is 54.4 Å². The van der Waals surface area contributed by atoms with Crippen molar-refractivity contribution in [2.45, 2.75) is 25.1 Å². The Kier molecular flexibility index (Phi) is 3.42. The lowest BCUT2D eigenvalue weighted by molar-refractivity contribution is 0.178. The largest absolute Gasteiger partial charge is 0.377 e. The molecule has 22 heavy (non-hydrogen) atoms. The Balaban J connectivity index is 1.48. The smallest absolute Gasteiger partial charge is 0.214 e. The van der Waals surface area contributed by atoms with E-state index in [-0.39, 0.29) is 0 Å². The first kappa shape index (κ1) is 13.8. The summed E-state index contributed by atoms with van der Waals surface area (Å²) in [4.78, 5) is 12.7. The normalized spacial score (nSPS) is 23.5. The molecule has 2 unspecified atom stereocenters. The number of anilines is 2. The van der Waals surface area contributed by atoms with Gasteiger partial charge >= 0.3 is 0 Å². The van der Waals surface area contributed by atoms with E-state index in [1.807, 2.05) is 6.07 Å². The number of aromatic nitrogens is 3. The number of hydrogen-bond donors (Lipinski definition) is 0. The van der Waals surface area contributed by atoms with Gasteiger partial charge in [-0.25, -0.2) is 9.97 Å². The maximum Gasteiger partial charge on any atom is 0.214 e. The number of nitrogens with zero attached hydrogens (tertiary/aromatic N) is 5.